The summed E-state index contributed by atoms with van der Waals surface area (Å²) in [5, 5.41) is 6.68. The van der Waals surface area contributed by atoms with Gasteiger partial charge in [-0.1, -0.05) is 13.3 Å². The van der Waals surface area contributed by atoms with Gasteiger partial charge in [-0.25, -0.2) is 0 Å². The Morgan fingerprint density at radius 3 is 2.50 bits per heavy atom. The zero-order valence-electron chi connectivity index (χ0n) is 8.45. The van der Waals surface area contributed by atoms with Crippen LogP contribution in [-0.2, 0) is 0 Å². The topological polar surface area (TPSA) is 24.1 Å². The minimum Gasteiger partial charge on any atom is -0.320 e. The molecule has 1 aliphatic rings. The highest BCUT2D eigenvalue weighted by atomic mass is 14.9. The third-order valence-electron chi connectivity index (χ3n) is 3.32. The number of hydrogen-bond acceptors (Lipinski definition) is 2. The van der Waals surface area contributed by atoms with E-state index in [9.17, 15) is 0 Å². The first-order valence-electron chi connectivity index (χ1n) is 5.18. The molecule has 0 bridgehead atoms. The Labute approximate surface area is 76.1 Å². The number of nitrogens with one attached hydrogen (secondary N) is 2. The van der Waals surface area contributed by atoms with Crippen LogP contribution in [0.1, 0.15) is 32.6 Å². The van der Waals surface area contributed by atoms with Crippen molar-refractivity contribution in [2.24, 2.45) is 5.41 Å². The quantitative estimate of drug-likeness (QED) is 0.666. The van der Waals surface area contributed by atoms with Gasteiger partial charge in [-0.2, -0.15) is 0 Å². The summed E-state index contributed by atoms with van der Waals surface area (Å²) in [7, 11) is 2.05. The normalized spacial score (nSPS) is 22.5. The average molecular weight is 170 g/mol. The molecule has 0 radical (unpaired) electrons. The van der Waals surface area contributed by atoms with Crippen molar-refractivity contribution in [3.63, 3.8) is 0 Å². The molecule has 0 spiro atoms. The largest absolute Gasteiger partial charge is 0.320 e. The Bertz CT molecular complexity index is 117. The molecule has 72 valence electrons. The van der Waals surface area contributed by atoms with E-state index in [0.29, 0.717) is 5.41 Å². The fourth-order valence-corrected chi connectivity index (χ4v) is 2.13. The molecule has 0 aromatic heterocycles. The maximum Gasteiger partial charge on any atom is -0.00436 e. The van der Waals surface area contributed by atoms with Gasteiger partial charge in [-0.3, -0.25) is 0 Å². The van der Waals surface area contributed by atoms with Crippen molar-refractivity contribution in [2.75, 3.05) is 26.7 Å². The molecule has 12 heavy (non-hydrogen) atoms. The lowest BCUT2D eigenvalue weighted by Gasteiger charge is -2.37. The predicted octanol–water partition coefficient (Wildman–Crippen LogP) is 1.38. The van der Waals surface area contributed by atoms with Gasteiger partial charge in [0.15, 0.2) is 0 Å². The zero-order chi connectivity index (χ0) is 8.86. The molecule has 1 fully saturated rings. The van der Waals surface area contributed by atoms with Gasteiger partial charge in [0.1, 0.15) is 0 Å². The molecular weight excluding hydrogens is 148 g/mol. The second-order valence-corrected chi connectivity index (χ2v) is 3.96. The Kier molecular flexibility index (Phi) is 4.02. The lowest BCUT2D eigenvalue weighted by Crippen LogP contribution is -2.37. The maximum atomic E-state index is 3.43. The van der Waals surface area contributed by atoms with Crippen LogP contribution in [0.3, 0.4) is 0 Å². The van der Waals surface area contributed by atoms with E-state index in [2.05, 4.69) is 17.6 Å². The van der Waals surface area contributed by atoms with E-state index in [1.807, 2.05) is 7.05 Å². The van der Waals surface area contributed by atoms with Gasteiger partial charge in [0, 0.05) is 0 Å². The van der Waals surface area contributed by atoms with Crippen LogP contribution in [-0.4, -0.2) is 26.7 Å². The molecule has 0 amide bonds. The number of piperidine rings is 1. The Balaban J connectivity index is 2.37. The van der Waals surface area contributed by atoms with Gasteiger partial charge >= 0.3 is 0 Å². The van der Waals surface area contributed by atoms with E-state index >= 15 is 0 Å². The van der Waals surface area contributed by atoms with Crippen LogP contribution in [0.25, 0.3) is 0 Å². The highest BCUT2D eigenvalue weighted by molar-refractivity contribution is 4.83. The minimum atomic E-state index is 0.647. The van der Waals surface area contributed by atoms with Crippen LogP contribution in [0, 0.1) is 5.41 Å². The van der Waals surface area contributed by atoms with E-state index in [0.717, 1.165) is 0 Å². The van der Waals surface area contributed by atoms with Gasteiger partial charge in [-0.05, 0) is 51.4 Å². The summed E-state index contributed by atoms with van der Waals surface area (Å²) in [5.74, 6) is 0. The molecule has 0 aromatic rings. The molecule has 0 aromatic carbocycles. The van der Waals surface area contributed by atoms with Crippen molar-refractivity contribution in [1.82, 2.24) is 10.6 Å². The Morgan fingerprint density at radius 2 is 2.00 bits per heavy atom. The van der Waals surface area contributed by atoms with Crippen LogP contribution in [0.2, 0.25) is 0 Å². The van der Waals surface area contributed by atoms with Crippen LogP contribution in [0.15, 0.2) is 0 Å². The zero-order valence-corrected chi connectivity index (χ0v) is 8.45. The van der Waals surface area contributed by atoms with Crippen molar-refractivity contribution < 1.29 is 0 Å². The summed E-state index contributed by atoms with van der Waals surface area (Å²) in [6, 6.07) is 0. The summed E-state index contributed by atoms with van der Waals surface area (Å²) in [5.41, 5.74) is 0.647. The van der Waals surface area contributed by atoms with Gasteiger partial charge in [-0.15, -0.1) is 0 Å². The monoisotopic (exact) mass is 170 g/mol. The van der Waals surface area contributed by atoms with Crippen molar-refractivity contribution in [1.29, 1.82) is 0 Å². The third kappa shape index (κ3) is 2.46. The molecule has 1 aliphatic heterocycles. The summed E-state index contributed by atoms with van der Waals surface area (Å²) >= 11 is 0. The first-order valence-corrected chi connectivity index (χ1v) is 5.18. The molecular formula is C10H22N2. The SMILES string of the molecule is CCC1(CCNC)CCNCC1. The van der Waals surface area contributed by atoms with Crippen molar-refractivity contribution >= 4 is 0 Å². The van der Waals surface area contributed by atoms with Gasteiger partial charge in [0.2, 0.25) is 0 Å². The first-order chi connectivity index (χ1) is 5.83. The summed E-state index contributed by atoms with van der Waals surface area (Å²) < 4.78 is 0. The highest BCUT2D eigenvalue weighted by Gasteiger charge is 2.28. The molecule has 2 heteroatoms. The van der Waals surface area contributed by atoms with E-state index < -0.39 is 0 Å². The van der Waals surface area contributed by atoms with Crippen molar-refractivity contribution in [3.8, 4) is 0 Å². The summed E-state index contributed by atoms with van der Waals surface area (Å²) in [6.45, 7) is 5.95. The van der Waals surface area contributed by atoms with Gasteiger partial charge < -0.3 is 10.6 Å². The molecule has 0 saturated carbocycles. The van der Waals surface area contributed by atoms with Crippen LogP contribution in [0.5, 0.6) is 0 Å². The number of rotatable bonds is 4. The summed E-state index contributed by atoms with van der Waals surface area (Å²) in [6.07, 6.45) is 5.42. The minimum absolute atomic E-state index is 0.647. The summed E-state index contributed by atoms with van der Waals surface area (Å²) in [4.78, 5) is 0. The second-order valence-electron chi connectivity index (χ2n) is 3.96. The third-order valence-corrected chi connectivity index (χ3v) is 3.32. The molecule has 1 saturated heterocycles. The van der Waals surface area contributed by atoms with Crippen LogP contribution >= 0.6 is 0 Å². The molecule has 0 atom stereocenters. The highest BCUT2D eigenvalue weighted by Crippen LogP contribution is 2.35. The molecule has 0 unspecified atom stereocenters. The van der Waals surface area contributed by atoms with Gasteiger partial charge in [0.25, 0.3) is 0 Å². The second kappa shape index (κ2) is 4.83. The fourth-order valence-electron chi connectivity index (χ4n) is 2.13. The smallest absolute Gasteiger partial charge is 0.00436 e. The molecule has 2 N–H and O–H groups in total. The van der Waals surface area contributed by atoms with E-state index in [-0.39, 0.29) is 0 Å². The number of hydrogen-bond donors (Lipinski definition) is 2. The van der Waals surface area contributed by atoms with Crippen LogP contribution < -0.4 is 10.6 Å². The molecule has 0 aliphatic carbocycles. The fraction of sp³-hybridized carbons (Fsp3) is 1.00. The first kappa shape index (κ1) is 10.0. The van der Waals surface area contributed by atoms with Crippen LogP contribution in [0.4, 0.5) is 0 Å². The lowest BCUT2D eigenvalue weighted by molar-refractivity contribution is 0.176. The molecule has 1 rings (SSSR count). The molecule has 1 heterocycles. The van der Waals surface area contributed by atoms with Crippen molar-refractivity contribution in [3.05, 3.63) is 0 Å². The molecule has 2 nitrogen and oxygen atoms in total. The van der Waals surface area contributed by atoms with E-state index in [1.165, 1.54) is 45.3 Å². The lowest BCUT2D eigenvalue weighted by atomic mass is 9.74. The standard InChI is InChI=1S/C10H22N2/c1-3-10(4-7-11-2)5-8-12-9-6-10/h11-12H,3-9H2,1-2H3. The average Bonchev–Trinajstić information content (AvgIpc) is 2.16. The predicted molar refractivity (Wildman–Crippen MR) is 53.4 cm³/mol. The van der Waals surface area contributed by atoms with E-state index in [4.69, 9.17) is 0 Å². The Morgan fingerprint density at radius 1 is 1.33 bits per heavy atom. The Hall–Kier alpha value is -0.0800. The van der Waals surface area contributed by atoms with Gasteiger partial charge in [0.05, 0.1) is 0 Å². The van der Waals surface area contributed by atoms with E-state index in [1.54, 1.807) is 0 Å². The maximum absolute atomic E-state index is 3.43. The van der Waals surface area contributed by atoms with Crippen molar-refractivity contribution in [2.45, 2.75) is 32.6 Å².